The van der Waals surface area contributed by atoms with Crippen LogP contribution in [0.2, 0.25) is 0 Å². The van der Waals surface area contributed by atoms with E-state index >= 15 is 0 Å². The third-order valence-corrected chi connectivity index (χ3v) is 7.31. The molecule has 2 fully saturated rings. The van der Waals surface area contributed by atoms with E-state index in [4.69, 9.17) is 10.5 Å². The summed E-state index contributed by atoms with van der Waals surface area (Å²) in [5.41, 5.74) is 12.7. The first-order valence-electron chi connectivity index (χ1n) is 11.5. The van der Waals surface area contributed by atoms with Crippen LogP contribution in [0.15, 0.2) is 53.6 Å². The Kier molecular flexibility index (Phi) is 7.60. The number of allylic oxidation sites excluding steroid dienone is 5. The number of hydrogen-bond acceptors (Lipinski definition) is 3. The lowest BCUT2D eigenvalue weighted by atomic mass is 9.78. The summed E-state index contributed by atoms with van der Waals surface area (Å²) in [6.07, 6.45) is 13.2. The van der Waals surface area contributed by atoms with Crippen molar-refractivity contribution < 1.29 is 9.84 Å². The average molecular weight is 410 g/mol. The van der Waals surface area contributed by atoms with Gasteiger partial charge in [-0.3, -0.25) is 0 Å². The molecule has 1 aromatic rings. The predicted octanol–water partition coefficient (Wildman–Crippen LogP) is 5.66. The zero-order chi connectivity index (χ0) is 21.7. The maximum Gasteiger partial charge on any atom is 0.119 e. The predicted molar refractivity (Wildman–Crippen MR) is 126 cm³/mol. The third-order valence-electron chi connectivity index (χ3n) is 7.31. The van der Waals surface area contributed by atoms with Crippen LogP contribution in [0.25, 0.3) is 0 Å². The minimum absolute atomic E-state index is 0.0713. The highest BCUT2D eigenvalue weighted by Crippen LogP contribution is 2.40. The van der Waals surface area contributed by atoms with Crippen molar-refractivity contribution >= 4 is 0 Å². The number of benzene rings is 1. The molecular weight excluding hydrogens is 370 g/mol. The molecule has 0 amide bonds. The van der Waals surface area contributed by atoms with Gasteiger partial charge >= 0.3 is 0 Å². The van der Waals surface area contributed by atoms with Crippen LogP contribution in [0.4, 0.5) is 0 Å². The van der Waals surface area contributed by atoms with Crippen LogP contribution in [0.3, 0.4) is 0 Å². The molecule has 2 saturated carbocycles. The summed E-state index contributed by atoms with van der Waals surface area (Å²) in [5, 5.41) is 9.55. The molecule has 2 aliphatic carbocycles. The molecule has 1 aromatic carbocycles. The van der Waals surface area contributed by atoms with Gasteiger partial charge in [-0.25, -0.2) is 0 Å². The largest absolute Gasteiger partial charge is 0.497 e. The minimum Gasteiger partial charge on any atom is -0.497 e. The van der Waals surface area contributed by atoms with E-state index in [2.05, 4.69) is 44.7 Å². The lowest BCUT2D eigenvalue weighted by Crippen LogP contribution is -2.40. The number of aryl methyl sites for hydroxylation is 2. The fourth-order valence-electron chi connectivity index (χ4n) is 5.14. The van der Waals surface area contributed by atoms with E-state index in [1.165, 1.54) is 40.7 Å². The van der Waals surface area contributed by atoms with Crippen molar-refractivity contribution in [1.82, 2.24) is 0 Å². The highest BCUT2D eigenvalue weighted by molar-refractivity contribution is 5.39. The van der Waals surface area contributed by atoms with Crippen LogP contribution >= 0.6 is 0 Å². The van der Waals surface area contributed by atoms with Crippen LogP contribution in [-0.4, -0.2) is 24.4 Å². The summed E-state index contributed by atoms with van der Waals surface area (Å²) in [7, 11) is 1.73. The second-order valence-electron chi connectivity index (χ2n) is 9.46. The standard InChI is InChI=1S/C27H39NO2/c1-5-22-15-21(7-9-23-16-26(30-4)11-6-19(23)2)8-10-24(22)14-20(3)25-12-13-27(28,17-25)18-29/h5-6,11,14,16,21,25,29H,3,7-10,12-13,15,17-18,28H2,1-2,4H3/b22-5-,24-14-/t21-,25+,27-/m1/s1. The summed E-state index contributed by atoms with van der Waals surface area (Å²) in [6, 6.07) is 6.39. The van der Waals surface area contributed by atoms with Gasteiger partial charge in [-0.1, -0.05) is 30.4 Å². The second kappa shape index (κ2) is 9.98. The number of aliphatic hydroxyl groups excluding tert-OH is 1. The Hall–Kier alpha value is -1.84. The molecule has 2 aliphatic rings. The molecule has 0 radical (unpaired) electrons. The van der Waals surface area contributed by atoms with Crippen LogP contribution in [0.5, 0.6) is 5.75 Å². The van der Waals surface area contributed by atoms with E-state index in [-0.39, 0.29) is 6.61 Å². The lowest BCUT2D eigenvalue weighted by molar-refractivity contribution is 0.197. The van der Waals surface area contributed by atoms with E-state index in [0.717, 1.165) is 50.2 Å². The van der Waals surface area contributed by atoms with E-state index < -0.39 is 5.54 Å². The van der Waals surface area contributed by atoms with Crippen molar-refractivity contribution in [2.24, 2.45) is 17.6 Å². The van der Waals surface area contributed by atoms with Crippen LogP contribution < -0.4 is 10.5 Å². The quantitative estimate of drug-likeness (QED) is 0.611. The SMILES string of the molecule is C=C(/C=C1/CC[C@@H](CCc2cc(OC)ccc2C)C/C1=C/C)[C@H]1CC[C@](N)(CO)C1. The Morgan fingerprint density at radius 3 is 2.80 bits per heavy atom. The molecule has 30 heavy (non-hydrogen) atoms. The number of aliphatic hydroxyl groups is 1. The van der Waals surface area contributed by atoms with E-state index in [9.17, 15) is 5.11 Å². The van der Waals surface area contributed by atoms with Gasteiger partial charge in [0.2, 0.25) is 0 Å². The Bertz CT molecular complexity index is 822. The van der Waals surface area contributed by atoms with Crippen molar-refractivity contribution in [3.05, 3.63) is 64.8 Å². The summed E-state index contributed by atoms with van der Waals surface area (Å²) in [6.45, 7) is 8.79. The normalized spacial score (nSPS) is 29.5. The average Bonchev–Trinajstić information content (AvgIpc) is 3.17. The second-order valence-corrected chi connectivity index (χ2v) is 9.46. The summed E-state index contributed by atoms with van der Waals surface area (Å²) in [4.78, 5) is 0. The fraction of sp³-hybridized carbons (Fsp3) is 0.556. The summed E-state index contributed by atoms with van der Waals surface area (Å²) in [5.74, 6) is 2.08. The molecule has 0 aliphatic heterocycles. The first-order valence-corrected chi connectivity index (χ1v) is 11.5. The zero-order valence-electron chi connectivity index (χ0n) is 19.0. The minimum atomic E-state index is -0.411. The van der Waals surface area contributed by atoms with Crippen molar-refractivity contribution in [2.75, 3.05) is 13.7 Å². The van der Waals surface area contributed by atoms with Gasteiger partial charge in [0.25, 0.3) is 0 Å². The molecule has 3 rings (SSSR count). The summed E-state index contributed by atoms with van der Waals surface area (Å²) >= 11 is 0. The smallest absolute Gasteiger partial charge is 0.119 e. The van der Waals surface area contributed by atoms with Gasteiger partial charge in [-0.15, -0.1) is 0 Å². The molecule has 164 valence electrons. The monoisotopic (exact) mass is 409 g/mol. The Morgan fingerprint density at radius 1 is 1.33 bits per heavy atom. The fourth-order valence-corrected chi connectivity index (χ4v) is 5.14. The molecule has 3 atom stereocenters. The zero-order valence-corrected chi connectivity index (χ0v) is 19.0. The molecule has 0 saturated heterocycles. The van der Waals surface area contributed by atoms with Crippen LogP contribution in [-0.2, 0) is 6.42 Å². The van der Waals surface area contributed by atoms with Gasteiger partial charge in [0.05, 0.1) is 13.7 Å². The molecule has 3 N–H and O–H groups in total. The van der Waals surface area contributed by atoms with Gasteiger partial charge in [0, 0.05) is 5.54 Å². The van der Waals surface area contributed by atoms with E-state index in [1.807, 2.05) is 6.07 Å². The Labute approximate surface area is 182 Å². The van der Waals surface area contributed by atoms with E-state index in [1.54, 1.807) is 7.11 Å². The number of rotatable bonds is 7. The van der Waals surface area contributed by atoms with Gasteiger partial charge in [-0.2, -0.15) is 0 Å². The van der Waals surface area contributed by atoms with Crippen LogP contribution in [0.1, 0.15) is 63.0 Å². The van der Waals surface area contributed by atoms with E-state index in [0.29, 0.717) is 5.92 Å². The number of ether oxygens (including phenoxy) is 1. The number of nitrogens with two attached hydrogens (primary N) is 1. The molecule has 0 aromatic heterocycles. The lowest BCUT2D eigenvalue weighted by Gasteiger charge is -2.28. The van der Waals surface area contributed by atoms with Crippen molar-refractivity contribution in [2.45, 2.75) is 70.8 Å². The van der Waals surface area contributed by atoms with Crippen molar-refractivity contribution in [3.63, 3.8) is 0 Å². The Morgan fingerprint density at radius 2 is 2.13 bits per heavy atom. The van der Waals surface area contributed by atoms with Crippen molar-refractivity contribution in [3.8, 4) is 5.75 Å². The first-order chi connectivity index (χ1) is 14.4. The van der Waals surface area contributed by atoms with Gasteiger partial charge in [0.1, 0.15) is 5.75 Å². The van der Waals surface area contributed by atoms with Crippen LogP contribution in [0, 0.1) is 18.8 Å². The Balaban J connectivity index is 1.59. The molecule has 3 nitrogen and oxygen atoms in total. The highest BCUT2D eigenvalue weighted by Gasteiger charge is 2.36. The molecular formula is C27H39NO2. The summed E-state index contributed by atoms with van der Waals surface area (Å²) < 4.78 is 5.40. The number of hydrogen-bond donors (Lipinski definition) is 2. The third kappa shape index (κ3) is 5.44. The maximum atomic E-state index is 9.55. The van der Waals surface area contributed by atoms with Crippen molar-refractivity contribution in [1.29, 1.82) is 0 Å². The topological polar surface area (TPSA) is 55.5 Å². The van der Waals surface area contributed by atoms with Gasteiger partial charge in [0.15, 0.2) is 0 Å². The highest BCUT2D eigenvalue weighted by atomic mass is 16.5. The molecule has 0 spiro atoms. The first kappa shape index (κ1) is 22.8. The molecule has 0 bridgehead atoms. The van der Waals surface area contributed by atoms with Gasteiger partial charge in [-0.05, 0) is 111 Å². The maximum absolute atomic E-state index is 9.55. The molecule has 3 heteroatoms. The molecule has 0 heterocycles. The number of methoxy groups -OCH3 is 1. The molecule has 0 unspecified atom stereocenters. The van der Waals surface area contributed by atoms with Gasteiger partial charge < -0.3 is 15.6 Å².